The molecule has 1 fully saturated rings. The maximum atomic E-state index is 5.77. The van der Waals surface area contributed by atoms with E-state index in [0.717, 1.165) is 19.0 Å². The highest BCUT2D eigenvalue weighted by atomic mass is 35.5. The Hall–Kier alpha value is -1.07. The highest BCUT2D eigenvalue weighted by molar-refractivity contribution is 6.28. The van der Waals surface area contributed by atoms with Gasteiger partial charge in [-0.3, -0.25) is 0 Å². The van der Waals surface area contributed by atoms with Gasteiger partial charge in [0.15, 0.2) is 11.6 Å². The number of aromatic nitrogens is 2. The van der Waals surface area contributed by atoms with Crippen LogP contribution in [-0.2, 0) is 4.74 Å². The van der Waals surface area contributed by atoms with Crippen LogP contribution in [0.15, 0.2) is 6.20 Å². The Bertz CT molecular complexity index is 388. The van der Waals surface area contributed by atoms with Crippen molar-refractivity contribution < 1.29 is 9.47 Å². The summed E-state index contributed by atoms with van der Waals surface area (Å²) in [5.41, 5.74) is 0. The van der Waals surface area contributed by atoms with Gasteiger partial charge in [-0.1, -0.05) is 0 Å². The van der Waals surface area contributed by atoms with E-state index in [2.05, 4.69) is 14.9 Å². The largest absolute Gasteiger partial charge is 0.486 e. The van der Waals surface area contributed by atoms with Gasteiger partial charge < -0.3 is 14.4 Å². The molecule has 0 spiro atoms. The summed E-state index contributed by atoms with van der Waals surface area (Å²) in [5, 5.41) is 0.254. The molecule has 3 rings (SSSR count). The molecule has 6 heteroatoms. The van der Waals surface area contributed by atoms with Crippen molar-refractivity contribution in [2.75, 3.05) is 31.3 Å². The summed E-state index contributed by atoms with van der Waals surface area (Å²) in [6, 6.07) is 0.247. The van der Waals surface area contributed by atoms with Gasteiger partial charge in [0, 0.05) is 6.54 Å². The van der Waals surface area contributed by atoms with E-state index < -0.39 is 0 Å². The number of nitrogens with zero attached hydrogens (tertiary/aromatic N) is 3. The van der Waals surface area contributed by atoms with Crippen LogP contribution in [-0.4, -0.2) is 42.4 Å². The first-order chi connectivity index (χ1) is 7.34. The average molecular weight is 228 g/mol. The molecular weight excluding hydrogens is 218 g/mol. The first-order valence-electron chi connectivity index (χ1n) is 4.84. The molecule has 2 aliphatic rings. The van der Waals surface area contributed by atoms with Crippen molar-refractivity contribution in [3.8, 4) is 5.75 Å². The molecule has 0 aliphatic carbocycles. The number of anilines is 1. The average Bonchev–Trinajstić information content (AvgIpc) is 2.29. The van der Waals surface area contributed by atoms with Gasteiger partial charge in [-0.15, -0.1) is 0 Å². The van der Waals surface area contributed by atoms with E-state index in [1.807, 2.05) is 0 Å². The first kappa shape index (κ1) is 9.18. The summed E-state index contributed by atoms with van der Waals surface area (Å²) in [6.07, 6.45) is 1.62. The molecule has 0 unspecified atom stereocenters. The summed E-state index contributed by atoms with van der Waals surface area (Å²) in [5.74, 6) is 1.49. The Balaban J connectivity index is 2.01. The fourth-order valence-corrected chi connectivity index (χ4v) is 2.04. The van der Waals surface area contributed by atoms with Crippen LogP contribution < -0.4 is 9.64 Å². The smallest absolute Gasteiger partial charge is 0.224 e. The van der Waals surface area contributed by atoms with Crippen molar-refractivity contribution in [2.24, 2.45) is 0 Å². The molecule has 0 amide bonds. The zero-order valence-electron chi connectivity index (χ0n) is 8.02. The standard InChI is InChI=1S/C9H10ClN3O2/c10-9-11-3-7-8(12-9)13-1-2-14-4-6(13)5-15-7/h3,6H,1-2,4-5H2/t6-/m1/s1. The van der Waals surface area contributed by atoms with Crippen LogP contribution in [0.3, 0.4) is 0 Å². The van der Waals surface area contributed by atoms with E-state index in [1.165, 1.54) is 0 Å². The number of ether oxygens (including phenoxy) is 2. The molecule has 3 heterocycles. The van der Waals surface area contributed by atoms with Gasteiger partial charge >= 0.3 is 0 Å². The minimum Gasteiger partial charge on any atom is -0.486 e. The highest BCUT2D eigenvalue weighted by Gasteiger charge is 2.31. The minimum atomic E-state index is 0.247. The number of morpholine rings is 1. The molecule has 0 aromatic carbocycles. The summed E-state index contributed by atoms with van der Waals surface area (Å²) < 4.78 is 10.9. The van der Waals surface area contributed by atoms with E-state index in [4.69, 9.17) is 21.1 Å². The predicted molar refractivity (Wildman–Crippen MR) is 54.5 cm³/mol. The SMILES string of the molecule is Clc1ncc2c(n1)N1CCOC[C@@H]1CO2. The molecule has 1 aromatic heterocycles. The first-order valence-corrected chi connectivity index (χ1v) is 5.22. The molecule has 1 aromatic rings. The summed E-state index contributed by atoms with van der Waals surface area (Å²) in [7, 11) is 0. The molecule has 5 nitrogen and oxygen atoms in total. The Morgan fingerprint density at radius 3 is 3.33 bits per heavy atom. The van der Waals surface area contributed by atoms with Crippen LogP contribution in [0.5, 0.6) is 5.75 Å². The molecular formula is C9H10ClN3O2. The quantitative estimate of drug-likeness (QED) is 0.612. The molecule has 1 saturated heterocycles. The molecule has 0 saturated carbocycles. The van der Waals surface area contributed by atoms with E-state index in [1.54, 1.807) is 6.20 Å². The van der Waals surface area contributed by atoms with Gasteiger partial charge in [0.05, 0.1) is 25.5 Å². The third kappa shape index (κ3) is 1.52. The molecule has 0 N–H and O–H groups in total. The van der Waals surface area contributed by atoms with Gasteiger partial charge in [-0.25, -0.2) is 4.98 Å². The topological polar surface area (TPSA) is 47.5 Å². The zero-order valence-corrected chi connectivity index (χ0v) is 8.78. The second kappa shape index (κ2) is 3.50. The third-order valence-corrected chi connectivity index (χ3v) is 2.82. The lowest BCUT2D eigenvalue weighted by atomic mass is 10.2. The number of fused-ring (bicyclic) bond motifs is 3. The van der Waals surface area contributed by atoms with E-state index >= 15 is 0 Å². The highest BCUT2D eigenvalue weighted by Crippen LogP contribution is 2.32. The van der Waals surface area contributed by atoms with Crippen LogP contribution in [0.4, 0.5) is 5.82 Å². The van der Waals surface area contributed by atoms with Crippen molar-refractivity contribution in [1.82, 2.24) is 9.97 Å². The van der Waals surface area contributed by atoms with E-state index in [9.17, 15) is 0 Å². The molecule has 0 radical (unpaired) electrons. The maximum Gasteiger partial charge on any atom is 0.224 e. The van der Waals surface area contributed by atoms with Crippen molar-refractivity contribution in [3.63, 3.8) is 0 Å². The summed E-state index contributed by atoms with van der Waals surface area (Å²) in [6.45, 7) is 2.85. The van der Waals surface area contributed by atoms with Crippen LogP contribution in [0, 0.1) is 0 Å². The predicted octanol–water partition coefficient (Wildman–Crippen LogP) is 0.728. The maximum absolute atomic E-state index is 5.77. The summed E-state index contributed by atoms with van der Waals surface area (Å²) >= 11 is 5.77. The van der Waals surface area contributed by atoms with Crippen LogP contribution >= 0.6 is 11.6 Å². The third-order valence-electron chi connectivity index (χ3n) is 2.64. The van der Waals surface area contributed by atoms with Crippen molar-refractivity contribution >= 4 is 17.4 Å². The molecule has 15 heavy (non-hydrogen) atoms. The normalized spacial score (nSPS) is 24.1. The molecule has 2 aliphatic heterocycles. The van der Waals surface area contributed by atoms with Crippen molar-refractivity contribution in [3.05, 3.63) is 11.5 Å². The van der Waals surface area contributed by atoms with Gasteiger partial charge in [-0.05, 0) is 11.6 Å². The van der Waals surface area contributed by atoms with Crippen molar-refractivity contribution in [2.45, 2.75) is 6.04 Å². The van der Waals surface area contributed by atoms with Crippen LogP contribution in [0.25, 0.3) is 0 Å². The second-order valence-corrected chi connectivity index (χ2v) is 3.90. The Labute approximate surface area is 92.0 Å². The number of halogens is 1. The zero-order chi connectivity index (χ0) is 10.3. The van der Waals surface area contributed by atoms with E-state index in [-0.39, 0.29) is 11.3 Å². The lowest BCUT2D eigenvalue weighted by Crippen LogP contribution is -2.51. The summed E-state index contributed by atoms with van der Waals surface area (Å²) in [4.78, 5) is 10.3. The van der Waals surface area contributed by atoms with Gasteiger partial charge in [0.25, 0.3) is 0 Å². The molecule has 1 atom stereocenters. The monoisotopic (exact) mass is 227 g/mol. The minimum absolute atomic E-state index is 0.247. The van der Waals surface area contributed by atoms with Gasteiger partial charge in [-0.2, -0.15) is 4.98 Å². The van der Waals surface area contributed by atoms with E-state index in [0.29, 0.717) is 19.0 Å². The lowest BCUT2D eigenvalue weighted by Gasteiger charge is -2.40. The Morgan fingerprint density at radius 2 is 2.40 bits per heavy atom. The van der Waals surface area contributed by atoms with Gasteiger partial charge in [0.2, 0.25) is 5.28 Å². The van der Waals surface area contributed by atoms with Crippen LogP contribution in [0.2, 0.25) is 5.28 Å². The second-order valence-electron chi connectivity index (χ2n) is 3.56. The Kier molecular flexibility index (Phi) is 2.14. The van der Waals surface area contributed by atoms with Crippen LogP contribution in [0.1, 0.15) is 0 Å². The Morgan fingerprint density at radius 1 is 1.47 bits per heavy atom. The molecule has 0 bridgehead atoms. The number of hydrogen-bond acceptors (Lipinski definition) is 5. The lowest BCUT2D eigenvalue weighted by molar-refractivity contribution is 0.0696. The fourth-order valence-electron chi connectivity index (χ4n) is 1.91. The fraction of sp³-hybridized carbons (Fsp3) is 0.556. The van der Waals surface area contributed by atoms with Crippen molar-refractivity contribution in [1.29, 1.82) is 0 Å². The van der Waals surface area contributed by atoms with Gasteiger partial charge in [0.1, 0.15) is 6.61 Å². The number of hydrogen-bond donors (Lipinski definition) is 0. The molecule has 80 valence electrons. The number of rotatable bonds is 0.